The maximum Gasteiger partial charge on any atom is 0.111 e. The van der Waals surface area contributed by atoms with E-state index in [1.165, 1.54) is 0 Å². The van der Waals surface area contributed by atoms with Crippen molar-refractivity contribution in [3.8, 4) is 11.3 Å². The Bertz CT molecular complexity index is 825. The van der Waals surface area contributed by atoms with Crippen LogP contribution < -0.4 is 0 Å². The first-order valence-corrected chi connectivity index (χ1v) is 7.91. The number of H-pyrrole nitrogens is 1. The largest absolute Gasteiger partial charge is 0.345 e. The molecule has 1 aromatic heterocycles. The van der Waals surface area contributed by atoms with Crippen LogP contribution in [0.2, 0.25) is 15.1 Å². The monoisotopic (exact) mass is 350 g/mol. The Morgan fingerprint density at radius 2 is 1.82 bits per heavy atom. The van der Waals surface area contributed by atoms with Crippen LogP contribution in [0, 0.1) is 6.92 Å². The molecular weight excluding hydrogens is 339 g/mol. The van der Waals surface area contributed by atoms with E-state index in [2.05, 4.69) is 9.97 Å². The fourth-order valence-electron chi connectivity index (χ4n) is 2.37. The van der Waals surface area contributed by atoms with Gasteiger partial charge in [-0.2, -0.15) is 0 Å². The Hall–Kier alpha value is -1.48. The lowest BCUT2D eigenvalue weighted by atomic mass is 10.1. The molecule has 0 atom stereocenters. The molecular formula is C17H13Cl3N2. The summed E-state index contributed by atoms with van der Waals surface area (Å²) in [5, 5.41) is 1.81. The lowest BCUT2D eigenvalue weighted by molar-refractivity contribution is 1.02. The molecule has 0 saturated heterocycles. The van der Waals surface area contributed by atoms with Gasteiger partial charge in [-0.25, -0.2) is 4.98 Å². The van der Waals surface area contributed by atoms with Gasteiger partial charge in [0.15, 0.2) is 0 Å². The van der Waals surface area contributed by atoms with Crippen molar-refractivity contribution in [2.75, 3.05) is 0 Å². The van der Waals surface area contributed by atoms with Crippen LogP contribution in [0.4, 0.5) is 0 Å². The zero-order chi connectivity index (χ0) is 15.7. The summed E-state index contributed by atoms with van der Waals surface area (Å²) in [5.41, 5.74) is 3.98. The fraction of sp³-hybridized carbons (Fsp3) is 0.118. The lowest BCUT2D eigenvalue weighted by Crippen LogP contribution is -1.91. The highest BCUT2D eigenvalue weighted by atomic mass is 35.5. The quantitative estimate of drug-likeness (QED) is 0.622. The molecule has 0 aliphatic rings. The number of imidazole rings is 1. The summed E-state index contributed by atoms with van der Waals surface area (Å²) in [7, 11) is 0. The van der Waals surface area contributed by atoms with Crippen LogP contribution in [0.5, 0.6) is 0 Å². The third-order valence-corrected chi connectivity index (χ3v) is 4.36. The number of hydrogen-bond acceptors (Lipinski definition) is 1. The third-order valence-electron chi connectivity index (χ3n) is 3.39. The van der Waals surface area contributed by atoms with Gasteiger partial charge in [0.2, 0.25) is 0 Å². The summed E-state index contributed by atoms with van der Waals surface area (Å²) < 4.78 is 0. The number of aromatic amines is 1. The van der Waals surface area contributed by atoms with Gasteiger partial charge in [-0.3, -0.25) is 0 Å². The molecule has 0 aliphatic carbocycles. The highest BCUT2D eigenvalue weighted by molar-refractivity contribution is 6.42. The SMILES string of the molecule is Cc1[nH]c(Cc2ccc(Cl)c(Cl)c2)nc1-c1cccc(Cl)c1. The van der Waals surface area contributed by atoms with Gasteiger partial charge in [-0.1, -0.05) is 53.0 Å². The van der Waals surface area contributed by atoms with E-state index < -0.39 is 0 Å². The Kier molecular flexibility index (Phi) is 4.44. The maximum absolute atomic E-state index is 6.05. The van der Waals surface area contributed by atoms with Crippen LogP contribution in [-0.4, -0.2) is 9.97 Å². The van der Waals surface area contributed by atoms with Gasteiger partial charge in [0.1, 0.15) is 5.82 Å². The molecule has 5 heteroatoms. The number of aromatic nitrogens is 2. The number of benzene rings is 2. The molecule has 112 valence electrons. The van der Waals surface area contributed by atoms with Crippen LogP contribution in [-0.2, 0) is 6.42 Å². The molecule has 0 aliphatic heterocycles. The number of nitrogens with one attached hydrogen (secondary N) is 1. The smallest absolute Gasteiger partial charge is 0.111 e. The van der Waals surface area contributed by atoms with E-state index in [9.17, 15) is 0 Å². The lowest BCUT2D eigenvalue weighted by Gasteiger charge is -2.01. The summed E-state index contributed by atoms with van der Waals surface area (Å²) in [5.74, 6) is 0.880. The van der Waals surface area contributed by atoms with Crippen molar-refractivity contribution in [3.05, 3.63) is 74.6 Å². The minimum Gasteiger partial charge on any atom is -0.345 e. The highest BCUT2D eigenvalue weighted by Crippen LogP contribution is 2.26. The van der Waals surface area contributed by atoms with E-state index in [4.69, 9.17) is 34.8 Å². The van der Waals surface area contributed by atoms with Crippen molar-refractivity contribution in [3.63, 3.8) is 0 Å². The van der Waals surface area contributed by atoms with E-state index in [0.717, 1.165) is 28.3 Å². The molecule has 0 fully saturated rings. The number of nitrogens with zero attached hydrogens (tertiary/aromatic N) is 1. The van der Waals surface area contributed by atoms with Gasteiger partial charge in [0.25, 0.3) is 0 Å². The first kappa shape index (κ1) is 15.4. The Labute approximate surface area is 144 Å². The highest BCUT2D eigenvalue weighted by Gasteiger charge is 2.10. The molecule has 0 saturated carbocycles. The van der Waals surface area contributed by atoms with E-state index in [1.54, 1.807) is 6.07 Å². The molecule has 0 bridgehead atoms. The fourth-order valence-corrected chi connectivity index (χ4v) is 2.88. The molecule has 3 rings (SSSR count). The third kappa shape index (κ3) is 3.30. The topological polar surface area (TPSA) is 28.7 Å². The molecule has 0 unspecified atom stereocenters. The molecule has 1 heterocycles. The van der Waals surface area contributed by atoms with Gasteiger partial charge in [0.05, 0.1) is 15.7 Å². The summed E-state index contributed by atoms with van der Waals surface area (Å²) >= 11 is 18.0. The first-order chi connectivity index (χ1) is 10.5. The van der Waals surface area contributed by atoms with Crippen LogP contribution in [0.1, 0.15) is 17.1 Å². The minimum absolute atomic E-state index is 0.553. The predicted molar refractivity (Wildman–Crippen MR) is 93.0 cm³/mol. The van der Waals surface area contributed by atoms with Crippen LogP contribution in [0.3, 0.4) is 0 Å². The molecule has 0 spiro atoms. The van der Waals surface area contributed by atoms with Crippen molar-refractivity contribution < 1.29 is 0 Å². The second-order valence-electron chi connectivity index (χ2n) is 5.09. The van der Waals surface area contributed by atoms with Gasteiger partial charge in [-0.05, 0) is 36.8 Å². The average molecular weight is 352 g/mol. The zero-order valence-electron chi connectivity index (χ0n) is 11.8. The molecule has 1 N–H and O–H groups in total. The Morgan fingerprint density at radius 1 is 1.00 bits per heavy atom. The van der Waals surface area contributed by atoms with Crippen LogP contribution in [0.25, 0.3) is 11.3 Å². The Balaban J connectivity index is 1.90. The molecule has 2 nitrogen and oxygen atoms in total. The number of rotatable bonds is 3. The van der Waals surface area contributed by atoms with Crippen molar-refractivity contribution in [1.29, 1.82) is 0 Å². The second kappa shape index (κ2) is 6.33. The van der Waals surface area contributed by atoms with Gasteiger partial charge >= 0.3 is 0 Å². The molecule has 2 aromatic carbocycles. The van der Waals surface area contributed by atoms with E-state index in [0.29, 0.717) is 21.5 Å². The van der Waals surface area contributed by atoms with Gasteiger partial charge in [0, 0.05) is 22.7 Å². The number of halogens is 3. The molecule has 0 amide bonds. The zero-order valence-corrected chi connectivity index (χ0v) is 14.1. The maximum atomic E-state index is 6.05. The summed E-state index contributed by atoms with van der Waals surface area (Å²) in [6.45, 7) is 2.00. The van der Waals surface area contributed by atoms with Gasteiger partial charge in [-0.15, -0.1) is 0 Å². The minimum atomic E-state index is 0.553. The predicted octanol–water partition coefficient (Wildman–Crippen LogP) is 5.94. The number of aryl methyl sites for hydroxylation is 1. The van der Waals surface area contributed by atoms with E-state index >= 15 is 0 Å². The van der Waals surface area contributed by atoms with E-state index in [1.807, 2.05) is 43.3 Å². The normalized spacial score (nSPS) is 10.9. The standard InChI is InChI=1S/C17H13Cl3N2/c1-10-17(12-3-2-4-13(18)9-12)22-16(21-10)8-11-5-6-14(19)15(20)7-11/h2-7,9H,8H2,1H3,(H,21,22). The van der Waals surface area contributed by atoms with Crippen molar-refractivity contribution >= 4 is 34.8 Å². The second-order valence-corrected chi connectivity index (χ2v) is 6.34. The van der Waals surface area contributed by atoms with Gasteiger partial charge < -0.3 is 4.98 Å². The van der Waals surface area contributed by atoms with Crippen LogP contribution >= 0.6 is 34.8 Å². The van der Waals surface area contributed by atoms with E-state index in [-0.39, 0.29) is 0 Å². The average Bonchev–Trinajstić information content (AvgIpc) is 2.84. The number of hydrogen-bond donors (Lipinski definition) is 1. The molecule has 0 radical (unpaired) electrons. The first-order valence-electron chi connectivity index (χ1n) is 6.78. The summed E-state index contributed by atoms with van der Waals surface area (Å²) in [6.07, 6.45) is 0.665. The van der Waals surface area contributed by atoms with Crippen molar-refractivity contribution in [2.24, 2.45) is 0 Å². The van der Waals surface area contributed by atoms with Crippen LogP contribution in [0.15, 0.2) is 42.5 Å². The summed E-state index contributed by atoms with van der Waals surface area (Å²) in [4.78, 5) is 7.99. The molecule has 22 heavy (non-hydrogen) atoms. The molecule has 3 aromatic rings. The summed E-state index contributed by atoms with van der Waals surface area (Å²) in [6, 6.07) is 13.3. The van der Waals surface area contributed by atoms with Crippen molar-refractivity contribution in [1.82, 2.24) is 9.97 Å². The van der Waals surface area contributed by atoms with Crippen molar-refractivity contribution in [2.45, 2.75) is 13.3 Å². The Morgan fingerprint density at radius 3 is 2.55 bits per heavy atom.